The van der Waals surface area contributed by atoms with Gasteiger partial charge < -0.3 is 4.42 Å². The Morgan fingerprint density at radius 3 is 2.64 bits per heavy atom. The number of piperazine rings is 1. The molecule has 3 fully saturated rings. The third kappa shape index (κ3) is 3.02. The molecule has 2 saturated heterocycles. The van der Waals surface area contributed by atoms with Crippen LogP contribution in [0, 0.1) is 5.92 Å². The molecule has 2 atom stereocenters. The Labute approximate surface area is 142 Å². The van der Waals surface area contributed by atoms with E-state index in [-0.39, 0.29) is 0 Å². The molecule has 0 bridgehead atoms. The first-order valence-electron chi connectivity index (χ1n) is 9.03. The van der Waals surface area contributed by atoms with Crippen LogP contribution in [0.5, 0.6) is 0 Å². The Balaban J connectivity index is 1.54. The number of fused-ring (bicyclic) bond motifs is 1. The van der Waals surface area contributed by atoms with Crippen LogP contribution in [0.1, 0.15) is 50.7 Å². The van der Waals surface area contributed by atoms with Gasteiger partial charge in [-0.1, -0.05) is 19.3 Å². The highest BCUT2D eigenvalue weighted by molar-refractivity contribution is 9.10. The van der Waals surface area contributed by atoms with Crippen LogP contribution >= 0.6 is 15.9 Å². The molecular formula is C18H27BrN2O. The third-order valence-electron chi connectivity index (χ3n) is 6.03. The molecule has 4 rings (SSSR count). The Morgan fingerprint density at radius 2 is 1.86 bits per heavy atom. The molecule has 0 radical (unpaired) electrons. The minimum atomic E-state index is 0.750. The van der Waals surface area contributed by atoms with E-state index in [1.165, 1.54) is 64.6 Å². The van der Waals surface area contributed by atoms with Gasteiger partial charge in [-0.15, -0.1) is 0 Å². The van der Waals surface area contributed by atoms with Gasteiger partial charge in [0.05, 0.1) is 6.54 Å². The zero-order valence-corrected chi connectivity index (χ0v) is 14.9. The van der Waals surface area contributed by atoms with Gasteiger partial charge >= 0.3 is 0 Å². The van der Waals surface area contributed by atoms with E-state index in [2.05, 4.69) is 31.8 Å². The predicted octanol–water partition coefficient (Wildman–Crippen LogP) is 4.27. The van der Waals surface area contributed by atoms with Crippen molar-refractivity contribution in [3.05, 3.63) is 22.6 Å². The van der Waals surface area contributed by atoms with Crippen LogP contribution in [-0.2, 0) is 6.54 Å². The number of furan rings is 1. The number of hydrogen-bond acceptors (Lipinski definition) is 3. The van der Waals surface area contributed by atoms with Gasteiger partial charge in [-0.05, 0) is 66.2 Å². The Kier molecular flexibility index (Phi) is 4.61. The molecule has 3 aliphatic rings. The van der Waals surface area contributed by atoms with E-state index in [0.29, 0.717) is 0 Å². The second-order valence-corrected chi connectivity index (χ2v) is 8.09. The van der Waals surface area contributed by atoms with Crippen LogP contribution in [-0.4, -0.2) is 41.5 Å². The highest BCUT2D eigenvalue weighted by Crippen LogP contribution is 2.38. The van der Waals surface area contributed by atoms with Gasteiger partial charge in [-0.3, -0.25) is 9.80 Å². The number of nitrogens with zero attached hydrogens (tertiary/aromatic N) is 2. The van der Waals surface area contributed by atoms with Crippen LogP contribution in [0.15, 0.2) is 21.2 Å². The monoisotopic (exact) mass is 366 g/mol. The largest absolute Gasteiger partial charge is 0.453 e. The van der Waals surface area contributed by atoms with Gasteiger partial charge in [-0.25, -0.2) is 0 Å². The van der Waals surface area contributed by atoms with Crippen molar-refractivity contribution < 1.29 is 4.42 Å². The summed E-state index contributed by atoms with van der Waals surface area (Å²) in [5, 5.41) is 0. The van der Waals surface area contributed by atoms with Crippen molar-refractivity contribution in [2.24, 2.45) is 5.92 Å². The van der Waals surface area contributed by atoms with Crippen molar-refractivity contribution in [2.45, 2.75) is 63.6 Å². The minimum absolute atomic E-state index is 0.750. The van der Waals surface area contributed by atoms with E-state index in [9.17, 15) is 0 Å². The number of halogens is 1. The van der Waals surface area contributed by atoms with E-state index < -0.39 is 0 Å². The normalized spacial score (nSPS) is 31.5. The van der Waals surface area contributed by atoms with Crippen molar-refractivity contribution in [3.63, 3.8) is 0 Å². The number of hydrogen-bond donors (Lipinski definition) is 0. The molecule has 0 spiro atoms. The van der Waals surface area contributed by atoms with Crippen LogP contribution < -0.4 is 0 Å². The standard InChI is InChI=1S/C18H27BrN2O/c19-17-9-8-15(22-17)13-21-12-11-20-10-4-7-16(20)18(21)14-5-2-1-3-6-14/h8-9,14,16,18H,1-7,10-13H2/t16-,18-/m1/s1. The molecule has 1 aliphatic carbocycles. The second kappa shape index (κ2) is 6.66. The molecule has 1 aromatic heterocycles. The summed E-state index contributed by atoms with van der Waals surface area (Å²) in [5.41, 5.74) is 0. The summed E-state index contributed by atoms with van der Waals surface area (Å²) >= 11 is 3.44. The van der Waals surface area contributed by atoms with Crippen molar-refractivity contribution in [1.82, 2.24) is 9.80 Å². The van der Waals surface area contributed by atoms with Gasteiger partial charge in [-0.2, -0.15) is 0 Å². The first-order chi connectivity index (χ1) is 10.8. The van der Waals surface area contributed by atoms with Crippen molar-refractivity contribution in [1.29, 1.82) is 0 Å². The molecule has 0 N–H and O–H groups in total. The maximum absolute atomic E-state index is 5.79. The van der Waals surface area contributed by atoms with E-state index in [1.54, 1.807) is 0 Å². The summed E-state index contributed by atoms with van der Waals surface area (Å²) in [6.07, 6.45) is 10.00. The Bertz CT molecular complexity index is 497. The van der Waals surface area contributed by atoms with Crippen LogP contribution in [0.3, 0.4) is 0 Å². The molecule has 1 saturated carbocycles. The lowest BCUT2D eigenvalue weighted by Crippen LogP contribution is -2.59. The highest BCUT2D eigenvalue weighted by Gasteiger charge is 2.43. The maximum Gasteiger partial charge on any atom is 0.169 e. The third-order valence-corrected chi connectivity index (χ3v) is 6.45. The van der Waals surface area contributed by atoms with Crippen LogP contribution in [0.25, 0.3) is 0 Å². The summed E-state index contributed by atoms with van der Waals surface area (Å²) in [4.78, 5) is 5.52. The smallest absolute Gasteiger partial charge is 0.169 e. The molecule has 3 nitrogen and oxygen atoms in total. The first kappa shape index (κ1) is 15.2. The Morgan fingerprint density at radius 1 is 1.00 bits per heavy atom. The fourth-order valence-electron chi connectivity index (χ4n) is 5.07. The zero-order valence-electron chi connectivity index (χ0n) is 13.3. The molecule has 22 heavy (non-hydrogen) atoms. The van der Waals surface area contributed by atoms with Crippen molar-refractivity contribution in [3.8, 4) is 0 Å². The van der Waals surface area contributed by atoms with Gasteiger partial charge in [0.25, 0.3) is 0 Å². The van der Waals surface area contributed by atoms with Gasteiger partial charge in [0.15, 0.2) is 4.67 Å². The molecule has 0 aromatic carbocycles. The predicted molar refractivity (Wildman–Crippen MR) is 91.8 cm³/mol. The van der Waals surface area contributed by atoms with Crippen LogP contribution in [0.2, 0.25) is 0 Å². The van der Waals surface area contributed by atoms with Gasteiger partial charge in [0.2, 0.25) is 0 Å². The molecule has 0 unspecified atom stereocenters. The van der Waals surface area contributed by atoms with Gasteiger partial charge in [0, 0.05) is 25.2 Å². The fourth-order valence-corrected chi connectivity index (χ4v) is 5.42. The summed E-state index contributed by atoms with van der Waals surface area (Å²) < 4.78 is 6.65. The number of rotatable bonds is 3. The molecule has 1 aromatic rings. The highest BCUT2D eigenvalue weighted by atomic mass is 79.9. The van der Waals surface area contributed by atoms with E-state index >= 15 is 0 Å². The second-order valence-electron chi connectivity index (χ2n) is 7.31. The Hall–Kier alpha value is -0.320. The summed E-state index contributed by atoms with van der Waals surface area (Å²) in [6.45, 7) is 4.76. The van der Waals surface area contributed by atoms with E-state index in [0.717, 1.165) is 35.0 Å². The lowest BCUT2D eigenvalue weighted by Gasteiger charge is -2.49. The van der Waals surface area contributed by atoms with E-state index in [4.69, 9.17) is 4.42 Å². The van der Waals surface area contributed by atoms with E-state index in [1.807, 2.05) is 6.07 Å². The molecule has 0 amide bonds. The average molecular weight is 367 g/mol. The molecular weight excluding hydrogens is 340 g/mol. The lowest BCUT2D eigenvalue weighted by atomic mass is 9.78. The fraction of sp³-hybridized carbons (Fsp3) is 0.778. The molecule has 4 heteroatoms. The quantitative estimate of drug-likeness (QED) is 0.796. The van der Waals surface area contributed by atoms with Crippen LogP contribution in [0.4, 0.5) is 0 Å². The summed E-state index contributed by atoms with van der Waals surface area (Å²) in [7, 11) is 0. The molecule has 2 aliphatic heterocycles. The van der Waals surface area contributed by atoms with Gasteiger partial charge in [0.1, 0.15) is 5.76 Å². The average Bonchev–Trinajstić information content (AvgIpc) is 3.17. The lowest BCUT2D eigenvalue weighted by molar-refractivity contribution is -0.00717. The summed E-state index contributed by atoms with van der Waals surface area (Å²) in [5.74, 6) is 2.01. The van der Waals surface area contributed by atoms with Crippen molar-refractivity contribution >= 4 is 15.9 Å². The van der Waals surface area contributed by atoms with Crippen molar-refractivity contribution in [2.75, 3.05) is 19.6 Å². The SMILES string of the molecule is Brc1ccc(CN2CCN3CCC[C@@H]3[C@H]2C2CCCCC2)o1. The first-order valence-corrected chi connectivity index (χ1v) is 9.83. The zero-order chi connectivity index (χ0) is 14.9. The summed E-state index contributed by atoms with van der Waals surface area (Å²) in [6, 6.07) is 5.70. The molecule has 3 heterocycles. The topological polar surface area (TPSA) is 19.6 Å². The maximum atomic E-state index is 5.79. The molecule has 122 valence electrons. The minimum Gasteiger partial charge on any atom is -0.453 e.